The van der Waals surface area contributed by atoms with Gasteiger partial charge in [0.15, 0.2) is 5.78 Å². The quantitative estimate of drug-likeness (QED) is 0.446. The molecule has 0 saturated heterocycles. The Kier molecular flexibility index (Phi) is 5.18. The fraction of sp³-hybridized carbons (Fsp3) is 0.417. The van der Waals surface area contributed by atoms with E-state index in [0.717, 1.165) is 23.9 Å². The molecule has 1 aromatic carbocycles. The summed E-state index contributed by atoms with van der Waals surface area (Å²) in [5, 5.41) is 0.795. The highest BCUT2D eigenvalue weighted by atomic mass is 79.9. The van der Waals surface area contributed by atoms with Crippen LogP contribution in [0.2, 0.25) is 0 Å². The van der Waals surface area contributed by atoms with Gasteiger partial charge in [0.05, 0.1) is 5.56 Å². The number of alkyl halides is 4. The number of benzene rings is 1. The minimum Gasteiger partial charge on any atom is -0.294 e. The smallest absolute Gasteiger partial charge is 0.294 e. The second kappa shape index (κ2) is 6.19. The van der Waals surface area contributed by atoms with Crippen LogP contribution in [-0.4, -0.2) is 11.1 Å². The first-order valence-electron chi connectivity index (χ1n) is 5.21. The van der Waals surface area contributed by atoms with Gasteiger partial charge in [0.2, 0.25) is 0 Å². The Morgan fingerprint density at radius 2 is 1.94 bits per heavy atom. The molecule has 0 amide bonds. The van der Waals surface area contributed by atoms with Gasteiger partial charge in [-0.25, -0.2) is 0 Å². The summed E-state index contributed by atoms with van der Waals surface area (Å²) in [6, 6.07) is 4.57. The van der Waals surface area contributed by atoms with Crippen molar-refractivity contribution < 1.29 is 18.0 Å². The summed E-state index contributed by atoms with van der Waals surface area (Å²) >= 11 is 3.23. The predicted octanol–water partition coefficient (Wildman–Crippen LogP) is 4.45. The van der Waals surface area contributed by atoms with Crippen LogP contribution in [0.25, 0.3) is 0 Å². The molecule has 0 atom stereocenters. The zero-order chi connectivity index (χ0) is 12.9. The molecular weight excluding hydrogens is 297 g/mol. The van der Waals surface area contributed by atoms with E-state index in [1.54, 1.807) is 0 Å². The van der Waals surface area contributed by atoms with E-state index in [0.29, 0.717) is 6.42 Å². The monoisotopic (exact) mass is 308 g/mol. The summed E-state index contributed by atoms with van der Waals surface area (Å²) in [7, 11) is 0. The lowest BCUT2D eigenvalue weighted by atomic mass is 10.0. The van der Waals surface area contributed by atoms with E-state index >= 15 is 0 Å². The molecule has 0 spiro atoms. The number of unbranched alkanes of at least 4 members (excludes halogenated alkanes) is 1. The SMILES string of the molecule is O=C(CCCCBr)c1cccc(C(F)(F)F)c1. The zero-order valence-electron chi connectivity index (χ0n) is 9.06. The first kappa shape index (κ1) is 14.2. The molecule has 0 aliphatic carbocycles. The number of hydrogen-bond acceptors (Lipinski definition) is 1. The molecule has 1 aromatic rings. The topological polar surface area (TPSA) is 17.1 Å². The first-order chi connectivity index (χ1) is 7.95. The van der Waals surface area contributed by atoms with Crippen LogP contribution in [0, 0.1) is 0 Å². The molecule has 0 aliphatic rings. The molecule has 5 heteroatoms. The summed E-state index contributed by atoms with van der Waals surface area (Å²) in [5.41, 5.74) is -0.641. The number of carbonyl (C=O) groups excluding carboxylic acids is 1. The molecule has 0 radical (unpaired) electrons. The number of carbonyl (C=O) groups is 1. The number of hydrogen-bond donors (Lipinski definition) is 0. The predicted molar refractivity (Wildman–Crippen MR) is 63.4 cm³/mol. The van der Waals surface area contributed by atoms with Gasteiger partial charge in [-0.15, -0.1) is 0 Å². The van der Waals surface area contributed by atoms with Crippen LogP contribution in [0.3, 0.4) is 0 Å². The minimum absolute atomic E-state index is 0.134. The molecule has 0 fully saturated rings. The summed E-state index contributed by atoms with van der Waals surface area (Å²) in [4.78, 5) is 11.6. The fourth-order valence-corrected chi connectivity index (χ4v) is 1.79. The highest BCUT2D eigenvalue weighted by Crippen LogP contribution is 2.29. The van der Waals surface area contributed by atoms with Crippen molar-refractivity contribution in [3.8, 4) is 0 Å². The molecule has 94 valence electrons. The molecule has 1 rings (SSSR count). The van der Waals surface area contributed by atoms with Crippen molar-refractivity contribution in [3.63, 3.8) is 0 Å². The minimum atomic E-state index is -4.40. The van der Waals surface area contributed by atoms with Gasteiger partial charge in [-0.3, -0.25) is 4.79 Å². The lowest BCUT2D eigenvalue weighted by molar-refractivity contribution is -0.137. The standard InChI is InChI=1S/C12H12BrF3O/c13-7-2-1-6-11(17)9-4-3-5-10(8-9)12(14,15)16/h3-5,8H,1-2,6-7H2. The Morgan fingerprint density at radius 1 is 1.24 bits per heavy atom. The van der Waals surface area contributed by atoms with E-state index < -0.39 is 11.7 Å². The lowest BCUT2D eigenvalue weighted by Gasteiger charge is -2.08. The van der Waals surface area contributed by atoms with Crippen molar-refractivity contribution in [2.75, 3.05) is 5.33 Å². The van der Waals surface area contributed by atoms with Gasteiger partial charge in [-0.1, -0.05) is 28.1 Å². The van der Waals surface area contributed by atoms with E-state index in [1.807, 2.05) is 0 Å². The second-order valence-electron chi connectivity index (χ2n) is 3.65. The van der Waals surface area contributed by atoms with Crippen LogP contribution >= 0.6 is 15.9 Å². The van der Waals surface area contributed by atoms with Crippen LogP contribution in [-0.2, 0) is 6.18 Å². The van der Waals surface area contributed by atoms with Crippen molar-refractivity contribution in [1.82, 2.24) is 0 Å². The molecule has 0 saturated carbocycles. The molecule has 0 unspecified atom stereocenters. The Morgan fingerprint density at radius 3 is 2.53 bits per heavy atom. The van der Waals surface area contributed by atoms with Crippen molar-refractivity contribution in [2.45, 2.75) is 25.4 Å². The maximum atomic E-state index is 12.4. The fourth-order valence-electron chi connectivity index (χ4n) is 1.39. The summed E-state index contributed by atoms with van der Waals surface area (Å²) in [6.07, 6.45) is -2.59. The van der Waals surface area contributed by atoms with Gasteiger partial charge in [0.25, 0.3) is 0 Å². The third-order valence-corrected chi connectivity index (χ3v) is 2.86. The number of Topliss-reactive ketones (excluding diaryl/α,β-unsaturated/α-hetero) is 1. The molecule has 1 nitrogen and oxygen atoms in total. The van der Waals surface area contributed by atoms with Gasteiger partial charge < -0.3 is 0 Å². The maximum Gasteiger partial charge on any atom is 0.416 e. The number of halogens is 4. The summed E-state index contributed by atoms with van der Waals surface area (Å²) in [5.74, 6) is -0.239. The molecule has 0 N–H and O–H groups in total. The number of ketones is 1. The second-order valence-corrected chi connectivity index (χ2v) is 4.44. The van der Waals surface area contributed by atoms with Gasteiger partial charge in [-0.05, 0) is 25.0 Å². The van der Waals surface area contributed by atoms with Gasteiger partial charge >= 0.3 is 6.18 Å². The molecule has 17 heavy (non-hydrogen) atoms. The van der Waals surface area contributed by atoms with Crippen molar-refractivity contribution in [1.29, 1.82) is 0 Å². The van der Waals surface area contributed by atoms with E-state index in [2.05, 4.69) is 15.9 Å². The zero-order valence-corrected chi connectivity index (χ0v) is 10.6. The van der Waals surface area contributed by atoms with Crippen molar-refractivity contribution >= 4 is 21.7 Å². The van der Waals surface area contributed by atoms with Crippen molar-refractivity contribution in [3.05, 3.63) is 35.4 Å². The molecule has 0 bridgehead atoms. The maximum absolute atomic E-state index is 12.4. The van der Waals surface area contributed by atoms with E-state index in [9.17, 15) is 18.0 Å². The van der Waals surface area contributed by atoms with E-state index in [4.69, 9.17) is 0 Å². The largest absolute Gasteiger partial charge is 0.416 e. The molecular formula is C12H12BrF3O. The summed E-state index contributed by atoms with van der Waals surface area (Å²) in [6.45, 7) is 0. The Bertz CT molecular complexity index is 388. The highest BCUT2D eigenvalue weighted by Gasteiger charge is 2.30. The van der Waals surface area contributed by atoms with Gasteiger partial charge in [0, 0.05) is 17.3 Å². The summed E-state index contributed by atoms with van der Waals surface area (Å²) < 4.78 is 37.3. The van der Waals surface area contributed by atoms with E-state index in [-0.39, 0.29) is 17.8 Å². The number of rotatable bonds is 5. The van der Waals surface area contributed by atoms with Crippen molar-refractivity contribution in [2.24, 2.45) is 0 Å². The van der Waals surface area contributed by atoms with Crippen LogP contribution in [0.15, 0.2) is 24.3 Å². The molecule has 0 aliphatic heterocycles. The average molecular weight is 309 g/mol. The Labute approximate surface area is 106 Å². The molecule has 0 heterocycles. The third-order valence-electron chi connectivity index (χ3n) is 2.30. The third kappa shape index (κ3) is 4.50. The normalized spacial score (nSPS) is 11.5. The average Bonchev–Trinajstić information content (AvgIpc) is 2.28. The van der Waals surface area contributed by atoms with Crippen LogP contribution in [0.4, 0.5) is 13.2 Å². The van der Waals surface area contributed by atoms with Crippen LogP contribution in [0.5, 0.6) is 0 Å². The van der Waals surface area contributed by atoms with E-state index in [1.165, 1.54) is 12.1 Å². The highest BCUT2D eigenvalue weighted by molar-refractivity contribution is 9.09. The van der Waals surface area contributed by atoms with Crippen LogP contribution < -0.4 is 0 Å². The Hall–Kier alpha value is -0.840. The Balaban J connectivity index is 2.74. The molecule has 0 aromatic heterocycles. The van der Waals surface area contributed by atoms with Gasteiger partial charge in [0.1, 0.15) is 0 Å². The lowest BCUT2D eigenvalue weighted by Crippen LogP contribution is -2.07. The van der Waals surface area contributed by atoms with Gasteiger partial charge in [-0.2, -0.15) is 13.2 Å². The van der Waals surface area contributed by atoms with Crippen LogP contribution in [0.1, 0.15) is 35.2 Å². The first-order valence-corrected chi connectivity index (χ1v) is 6.33.